The number of hydrogen-bond donors (Lipinski definition) is 1. The average Bonchev–Trinajstić information content (AvgIpc) is 2.72. The van der Waals surface area contributed by atoms with E-state index in [4.69, 9.17) is 11.6 Å². The van der Waals surface area contributed by atoms with Crippen LogP contribution in [0.25, 0.3) is 0 Å². The van der Waals surface area contributed by atoms with Gasteiger partial charge in [0.25, 0.3) is 10.0 Å². The maximum Gasteiger partial charge on any atom is 0.573 e. The number of nitrogens with zero attached hydrogens (tertiary/aromatic N) is 1. The minimum Gasteiger partial charge on any atom is -0.406 e. The summed E-state index contributed by atoms with van der Waals surface area (Å²) in [5.41, 5.74) is 3.75. The fourth-order valence-electron chi connectivity index (χ4n) is 3.38. The zero-order valence-corrected chi connectivity index (χ0v) is 17.9. The summed E-state index contributed by atoms with van der Waals surface area (Å²) in [6.45, 7) is 0.588. The minimum absolute atomic E-state index is 0.201. The van der Waals surface area contributed by atoms with Gasteiger partial charge in [0.05, 0.1) is 10.6 Å². The first-order valence-corrected chi connectivity index (χ1v) is 11.3. The molecule has 0 aliphatic carbocycles. The Hall–Kier alpha value is -3.04. The zero-order valence-electron chi connectivity index (χ0n) is 16.4. The van der Waals surface area contributed by atoms with Crippen molar-refractivity contribution in [2.75, 3.05) is 11.3 Å². The highest BCUT2D eigenvalue weighted by Gasteiger charge is 2.31. The van der Waals surface area contributed by atoms with E-state index in [0.29, 0.717) is 17.3 Å². The number of halogens is 4. The molecule has 0 spiro atoms. The van der Waals surface area contributed by atoms with Crippen molar-refractivity contribution in [3.8, 4) is 5.75 Å². The van der Waals surface area contributed by atoms with Gasteiger partial charge in [-0.05, 0) is 60.5 Å². The van der Waals surface area contributed by atoms with Crippen LogP contribution in [-0.4, -0.2) is 27.0 Å². The van der Waals surface area contributed by atoms with Crippen LogP contribution in [0.1, 0.15) is 16.7 Å². The van der Waals surface area contributed by atoms with Crippen LogP contribution in [0.5, 0.6) is 5.75 Å². The number of ether oxygens (including phenoxy) is 1. The number of aliphatic imine (C=N–C) groups is 1. The normalized spacial score (nSPS) is 13.8. The summed E-state index contributed by atoms with van der Waals surface area (Å²) in [5.74, 6) is -0.507. The molecule has 1 aliphatic rings. The van der Waals surface area contributed by atoms with Crippen LogP contribution in [0, 0.1) is 0 Å². The molecule has 1 heterocycles. The molecule has 4 rings (SSSR count). The Labute approximate surface area is 187 Å². The first-order chi connectivity index (χ1) is 15.1. The van der Waals surface area contributed by atoms with E-state index < -0.39 is 22.1 Å². The summed E-state index contributed by atoms with van der Waals surface area (Å²) in [7, 11) is -4.03. The molecule has 0 saturated heterocycles. The van der Waals surface area contributed by atoms with Crippen molar-refractivity contribution in [1.82, 2.24) is 0 Å². The maximum absolute atomic E-state index is 12.7. The van der Waals surface area contributed by atoms with Gasteiger partial charge in [-0.15, -0.1) is 13.2 Å². The van der Waals surface area contributed by atoms with Crippen molar-refractivity contribution in [2.45, 2.75) is 17.7 Å². The lowest BCUT2D eigenvalue weighted by Crippen LogP contribution is -2.17. The number of hydrogen-bond acceptors (Lipinski definition) is 4. The number of benzene rings is 3. The van der Waals surface area contributed by atoms with Crippen molar-refractivity contribution in [1.29, 1.82) is 0 Å². The summed E-state index contributed by atoms with van der Waals surface area (Å²) in [4.78, 5) is 4.39. The molecule has 0 aromatic heterocycles. The molecule has 0 saturated carbocycles. The third-order valence-electron chi connectivity index (χ3n) is 4.73. The summed E-state index contributed by atoms with van der Waals surface area (Å²) in [6, 6.07) is 16.3. The maximum atomic E-state index is 12.7. The Morgan fingerprint density at radius 2 is 1.75 bits per heavy atom. The Kier molecular flexibility index (Phi) is 5.87. The highest BCUT2D eigenvalue weighted by Crippen LogP contribution is 2.27. The van der Waals surface area contributed by atoms with Crippen molar-refractivity contribution in [3.63, 3.8) is 0 Å². The number of alkyl halides is 3. The first kappa shape index (κ1) is 22.2. The molecular weight excluding hydrogens is 465 g/mol. The zero-order chi connectivity index (χ0) is 22.9. The van der Waals surface area contributed by atoms with Gasteiger partial charge >= 0.3 is 6.36 Å². The molecule has 166 valence electrons. The lowest BCUT2D eigenvalue weighted by molar-refractivity contribution is -0.274. The fraction of sp³-hybridized carbons (Fsp3) is 0.136. The number of rotatable bonds is 5. The van der Waals surface area contributed by atoms with E-state index in [1.807, 2.05) is 18.2 Å². The van der Waals surface area contributed by atoms with Gasteiger partial charge in [0.1, 0.15) is 5.75 Å². The molecule has 1 aliphatic heterocycles. The first-order valence-electron chi connectivity index (χ1n) is 9.43. The summed E-state index contributed by atoms with van der Waals surface area (Å²) >= 11 is 6.09. The van der Waals surface area contributed by atoms with Gasteiger partial charge in [-0.1, -0.05) is 29.8 Å². The lowest BCUT2D eigenvalue weighted by atomic mass is 9.93. The molecule has 3 aromatic rings. The Morgan fingerprint density at radius 3 is 2.47 bits per heavy atom. The van der Waals surface area contributed by atoms with Crippen LogP contribution in [-0.2, 0) is 16.4 Å². The predicted octanol–water partition coefficient (Wildman–Crippen LogP) is 5.43. The highest BCUT2D eigenvalue weighted by molar-refractivity contribution is 7.92. The third kappa shape index (κ3) is 5.05. The van der Waals surface area contributed by atoms with Crippen LogP contribution in [0.15, 0.2) is 76.6 Å². The van der Waals surface area contributed by atoms with E-state index in [1.54, 1.807) is 24.3 Å². The van der Waals surface area contributed by atoms with Crippen molar-refractivity contribution in [2.24, 2.45) is 4.99 Å². The molecule has 32 heavy (non-hydrogen) atoms. The van der Waals surface area contributed by atoms with Crippen LogP contribution in [0.4, 0.5) is 18.9 Å². The van der Waals surface area contributed by atoms with Gasteiger partial charge in [0, 0.05) is 28.4 Å². The topological polar surface area (TPSA) is 67.8 Å². The standard InChI is InChI=1S/C22H16ClF3N2O3S/c23-16-4-9-20-14(12-16)10-11-27-21(20)15-2-1-3-17(13-15)28-32(29,30)19-7-5-18(6-8-19)31-22(24,25)26/h1-9,12-13,28H,10-11H2. The molecule has 0 radical (unpaired) electrons. The monoisotopic (exact) mass is 480 g/mol. The summed E-state index contributed by atoms with van der Waals surface area (Å²) in [5, 5.41) is 0.637. The number of sulfonamides is 1. The average molecular weight is 481 g/mol. The predicted molar refractivity (Wildman–Crippen MR) is 116 cm³/mol. The third-order valence-corrected chi connectivity index (χ3v) is 6.36. The molecule has 0 unspecified atom stereocenters. The molecule has 3 aromatic carbocycles. The van der Waals surface area contributed by atoms with Gasteiger partial charge in [0.2, 0.25) is 0 Å². The summed E-state index contributed by atoms with van der Waals surface area (Å²) < 4.78 is 68.5. The quantitative estimate of drug-likeness (QED) is 0.529. The Morgan fingerprint density at radius 1 is 1.00 bits per heavy atom. The SMILES string of the molecule is O=S(=O)(Nc1cccc(C2=NCCc3cc(Cl)ccc32)c1)c1ccc(OC(F)(F)F)cc1. The number of fused-ring (bicyclic) bond motifs is 1. The molecular formula is C22H16ClF3N2O3S. The van der Waals surface area contributed by atoms with Crippen LogP contribution in [0.3, 0.4) is 0 Å². The molecule has 0 fully saturated rings. The lowest BCUT2D eigenvalue weighted by Gasteiger charge is -2.18. The van der Waals surface area contributed by atoms with E-state index in [-0.39, 0.29) is 4.90 Å². The molecule has 0 amide bonds. The second-order valence-corrected chi connectivity index (χ2v) is 9.11. The smallest absolute Gasteiger partial charge is 0.406 e. The minimum atomic E-state index is -4.86. The number of anilines is 1. The highest BCUT2D eigenvalue weighted by atomic mass is 35.5. The van der Waals surface area contributed by atoms with Gasteiger partial charge < -0.3 is 4.74 Å². The second-order valence-electron chi connectivity index (χ2n) is 6.99. The Bertz CT molecular complexity index is 1290. The van der Waals surface area contributed by atoms with Gasteiger partial charge in [0.15, 0.2) is 0 Å². The molecule has 5 nitrogen and oxygen atoms in total. The van der Waals surface area contributed by atoms with E-state index in [9.17, 15) is 21.6 Å². The summed E-state index contributed by atoms with van der Waals surface area (Å²) in [6.07, 6.45) is -4.09. The molecule has 0 bridgehead atoms. The second kappa shape index (κ2) is 8.48. The fourth-order valence-corrected chi connectivity index (χ4v) is 4.63. The van der Waals surface area contributed by atoms with E-state index >= 15 is 0 Å². The van der Waals surface area contributed by atoms with Gasteiger partial charge in [-0.3, -0.25) is 9.71 Å². The van der Waals surface area contributed by atoms with Crippen LogP contribution >= 0.6 is 11.6 Å². The van der Waals surface area contributed by atoms with Crippen molar-refractivity contribution in [3.05, 3.63) is 88.4 Å². The molecule has 1 N–H and O–H groups in total. The van der Waals surface area contributed by atoms with Gasteiger partial charge in [-0.2, -0.15) is 0 Å². The Balaban J connectivity index is 1.57. The van der Waals surface area contributed by atoms with Gasteiger partial charge in [-0.25, -0.2) is 8.42 Å². The van der Waals surface area contributed by atoms with E-state index in [2.05, 4.69) is 14.5 Å². The molecule has 10 heteroatoms. The van der Waals surface area contributed by atoms with E-state index in [0.717, 1.165) is 53.1 Å². The van der Waals surface area contributed by atoms with Crippen LogP contribution in [0.2, 0.25) is 5.02 Å². The largest absolute Gasteiger partial charge is 0.573 e. The van der Waals surface area contributed by atoms with E-state index in [1.165, 1.54) is 0 Å². The number of nitrogens with one attached hydrogen (secondary N) is 1. The van der Waals surface area contributed by atoms with Crippen LogP contribution < -0.4 is 9.46 Å². The van der Waals surface area contributed by atoms with Crippen molar-refractivity contribution < 1.29 is 26.3 Å². The van der Waals surface area contributed by atoms with Crippen molar-refractivity contribution >= 4 is 33.0 Å². The molecule has 0 atom stereocenters.